The maximum absolute atomic E-state index is 13.4. The monoisotopic (exact) mass is 532 g/mol. The predicted molar refractivity (Wildman–Crippen MR) is 146 cm³/mol. The first kappa shape index (κ1) is 26.3. The van der Waals surface area contributed by atoms with Crippen LogP contribution in [0.3, 0.4) is 0 Å². The Morgan fingerprint density at radius 2 is 1.51 bits per heavy atom. The molecule has 39 heavy (non-hydrogen) atoms. The third-order valence-corrected chi connectivity index (χ3v) is 7.66. The van der Waals surface area contributed by atoms with Gasteiger partial charge in [0.15, 0.2) is 17.1 Å². The third-order valence-electron chi connectivity index (χ3n) is 7.66. The summed E-state index contributed by atoms with van der Waals surface area (Å²) in [5.41, 5.74) is 1.78. The van der Waals surface area contributed by atoms with E-state index in [1.165, 1.54) is 13.8 Å². The average molecular weight is 533 g/mol. The van der Waals surface area contributed by atoms with Gasteiger partial charge in [0.1, 0.15) is 0 Å². The van der Waals surface area contributed by atoms with Gasteiger partial charge in [0.2, 0.25) is 11.8 Å². The van der Waals surface area contributed by atoms with Gasteiger partial charge in [-0.3, -0.25) is 19.2 Å². The van der Waals surface area contributed by atoms with Crippen LogP contribution < -0.4 is 15.4 Å². The van der Waals surface area contributed by atoms with Gasteiger partial charge >= 0.3 is 0 Å². The smallest absolute Gasteiger partial charge is 0.289 e. The lowest BCUT2D eigenvalue weighted by atomic mass is 9.77. The molecule has 5 rings (SSSR count). The number of carbonyl (C=O) groups excluding carboxylic acids is 4. The molecule has 204 valence electrons. The van der Waals surface area contributed by atoms with Crippen molar-refractivity contribution in [3.63, 3.8) is 0 Å². The van der Waals surface area contributed by atoms with Crippen LogP contribution >= 0.6 is 0 Å². The van der Waals surface area contributed by atoms with Crippen molar-refractivity contribution >= 4 is 46.0 Å². The second kappa shape index (κ2) is 10.4. The van der Waals surface area contributed by atoms with Crippen molar-refractivity contribution in [1.29, 1.82) is 0 Å². The highest BCUT2D eigenvalue weighted by molar-refractivity contribution is 6.02. The molecule has 4 amide bonds. The second-order valence-electron chi connectivity index (χ2n) is 10.4. The fourth-order valence-corrected chi connectivity index (χ4v) is 5.61. The van der Waals surface area contributed by atoms with Crippen molar-refractivity contribution in [2.24, 2.45) is 5.41 Å². The zero-order chi connectivity index (χ0) is 27.7. The predicted octanol–water partition coefficient (Wildman–Crippen LogP) is 4.13. The molecular formula is C29H32N4O6. The fraction of sp³-hybridized carbons (Fsp3) is 0.379. The van der Waals surface area contributed by atoms with E-state index in [1.807, 2.05) is 21.9 Å². The molecule has 0 bridgehead atoms. The number of nitrogens with one attached hydrogen (secondary N) is 2. The maximum Gasteiger partial charge on any atom is 0.289 e. The van der Waals surface area contributed by atoms with Crippen LogP contribution in [0.15, 0.2) is 46.9 Å². The van der Waals surface area contributed by atoms with E-state index in [4.69, 9.17) is 9.15 Å². The molecular weight excluding hydrogens is 500 g/mol. The molecule has 0 radical (unpaired) electrons. The van der Waals surface area contributed by atoms with E-state index in [0.29, 0.717) is 60.2 Å². The molecule has 2 aliphatic heterocycles. The average Bonchev–Trinajstić information content (AvgIpc) is 3.53. The van der Waals surface area contributed by atoms with Crippen molar-refractivity contribution < 1.29 is 28.3 Å². The number of anilines is 2. The molecule has 2 saturated heterocycles. The van der Waals surface area contributed by atoms with Gasteiger partial charge in [-0.2, -0.15) is 0 Å². The van der Waals surface area contributed by atoms with Crippen molar-refractivity contribution in [2.45, 2.75) is 33.1 Å². The molecule has 3 aromatic rings. The minimum Gasteiger partial charge on any atom is -0.493 e. The number of piperidine rings is 1. The van der Waals surface area contributed by atoms with E-state index < -0.39 is 0 Å². The number of methoxy groups -OCH3 is 1. The van der Waals surface area contributed by atoms with Crippen molar-refractivity contribution in [3.05, 3.63) is 53.8 Å². The Bertz CT molecular complexity index is 1450. The summed E-state index contributed by atoms with van der Waals surface area (Å²) in [7, 11) is 1.57. The van der Waals surface area contributed by atoms with E-state index in [0.717, 1.165) is 24.6 Å². The number of ether oxygens (including phenoxy) is 1. The van der Waals surface area contributed by atoms with Crippen LogP contribution in [0.1, 0.15) is 54.0 Å². The normalized spacial score (nSPS) is 16.4. The molecule has 3 heterocycles. The standard InChI is InChI=1S/C29H32N4O6/c1-18(34)30-22-8-7-21(15-23(22)31-19(2)35)27(36)33-14-11-29(17-33)9-12-32(13-10-29)28(37)25-16-20-5-4-6-24(38-3)26(20)39-25/h4-8,15-16H,9-14,17H2,1-3H3,(H,30,34)(H,31,35). The first-order chi connectivity index (χ1) is 18.7. The zero-order valence-electron chi connectivity index (χ0n) is 22.3. The van der Waals surface area contributed by atoms with E-state index in [1.54, 1.807) is 37.4 Å². The van der Waals surface area contributed by atoms with Gasteiger partial charge in [0, 0.05) is 51.0 Å². The van der Waals surface area contributed by atoms with E-state index >= 15 is 0 Å². The first-order valence-electron chi connectivity index (χ1n) is 13.0. The van der Waals surface area contributed by atoms with Gasteiger partial charge in [0.05, 0.1) is 18.5 Å². The number of benzene rings is 2. The molecule has 1 aromatic heterocycles. The molecule has 1 spiro atoms. The van der Waals surface area contributed by atoms with E-state index in [-0.39, 0.29) is 29.0 Å². The third kappa shape index (κ3) is 5.32. The Kier molecular flexibility index (Phi) is 7.03. The zero-order valence-corrected chi connectivity index (χ0v) is 22.3. The Labute approximate surface area is 226 Å². The minimum atomic E-state index is -0.297. The van der Waals surface area contributed by atoms with E-state index in [9.17, 15) is 19.2 Å². The van der Waals surface area contributed by atoms with Crippen LogP contribution in [0.25, 0.3) is 11.0 Å². The summed E-state index contributed by atoms with van der Waals surface area (Å²) in [6, 6.07) is 12.2. The number of amides is 4. The Morgan fingerprint density at radius 1 is 0.846 bits per heavy atom. The lowest BCUT2D eigenvalue weighted by molar-refractivity contribution is -0.115. The van der Waals surface area contributed by atoms with Crippen LogP contribution in [-0.4, -0.2) is 66.7 Å². The van der Waals surface area contributed by atoms with E-state index in [2.05, 4.69) is 10.6 Å². The highest BCUT2D eigenvalue weighted by Crippen LogP contribution is 2.41. The topological polar surface area (TPSA) is 121 Å². The summed E-state index contributed by atoms with van der Waals surface area (Å²) in [6.07, 6.45) is 2.46. The van der Waals surface area contributed by atoms with Crippen LogP contribution in [0.4, 0.5) is 11.4 Å². The molecule has 2 aromatic carbocycles. The maximum atomic E-state index is 13.4. The van der Waals surface area contributed by atoms with Gasteiger partial charge in [-0.25, -0.2) is 0 Å². The number of nitrogens with zero attached hydrogens (tertiary/aromatic N) is 2. The van der Waals surface area contributed by atoms with Gasteiger partial charge in [-0.15, -0.1) is 0 Å². The summed E-state index contributed by atoms with van der Waals surface area (Å²) in [5.74, 6) is 0.0583. The van der Waals surface area contributed by atoms with Crippen molar-refractivity contribution in [2.75, 3.05) is 43.9 Å². The number of furan rings is 1. The molecule has 2 aliphatic rings. The molecule has 0 aliphatic carbocycles. The highest BCUT2D eigenvalue weighted by atomic mass is 16.5. The molecule has 2 N–H and O–H groups in total. The number of hydrogen-bond acceptors (Lipinski definition) is 6. The molecule has 0 atom stereocenters. The summed E-state index contributed by atoms with van der Waals surface area (Å²) < 4.78 is 11.2. The van der Waals surface area contributed by atoms with Crippen LogP contribution in [-0.2, 0) is 9.59 Å². The number of likely N-dealkylation sites (tertiary alicyclic amines) is 2. The lowest BCUT2D eigenvalue weighted by Gasteiger charge is -2.39. The molecule has 0 saturated carbocycles. The molecule has 0 unspecified atom stereocenters. The number of rotatable bonds is 5. The van der Waals surface area contributed by atoms with Gasteiger partial charge in [-0.05, 0) is 55.0 Å². The summed E-state index contributed by atoms with van der Waals surface area (Å²) in [6.45, 7) is 5.17. The van der Waals surface area contributed by atoms with Crippen LogP contribution in [0.2, 0.25) is 0 Å². The van der Waals surface area contributed by atoms with Crippen LogP contribution in [0.5, 0.6) is 5.75 Å². The largest absolute Gasteiger partial charge is 0.493 e. The lowest BCUT2D eigenvalue weighted by Crippen LogP contribution is -2.44. The van der Waals surface area contributed by atoms with Crippen molar-refractivity contribution in [3.8, 4) is 5.75 Å². The van der Waals surface area contributed by atoms with Gasteiger partial charge in [-0.1, -0.05) is 12.1 Å². The number of hydrogen-bond donors (Lipinski definition) is 2. The summed E-state index contributed by atoms with van der Waals surface area (Å²) >= 11 is 0. The quantitative estimate of drug-likeness (QED) is 0.510. The second-order valence-corrected chi connectivity index (χ2v) is 10.4. The molecule has 10 heteroatoms. The Morgan fingerprint density at radius 3 is 2.18 bits per heavy atom. The summed E-state index contributed by atoms with van der Waals surface area (Å²) in [5, 5.41) is 6.19. The summed E-state index contributed by atoms with van der Waals surface area (Å²) in [4.78, 5) is 53.4. The van der Waals surface area contributed by atoms with Gasteiger partial charge < -0.3 is 29.6 Å². The minimum absolute atomic E-state index is 0.0415. The highest BCUT2D eigenvalue weighted by Gasteiger charge is 2.43. The number of para-hydroxylation sites is 1. The molecule has 10 nitrogen and oxygen atoms in total. The number of fused-ring (bicyclic) bond motifs is 1. The first-order valence-corrected chi connectivity index (χ1v) is 13.0. The van der Waals surface area contributed by atoms with Crippen molar-refractivity contribution in [1.82, 2.24) is 9.80 Å². The Balaban J connectivity index is 1.24. The SMILES string of the molecule is COc1cccc2cc(C(=O)N3CCC4(CCN(C(=O)c5ccc(NC(C)=O)c(NC(C)=O)c5)C4)CC3)oc12. The Hall–Kier alpha value is -4.34. The fourth-order valence-electron chi connectivity index (χ4n) is 5.61. The molecule has 2 fully saturated rings. The number of carbonyl (C=O) groups is 4. The van der Waals surface area contributed by atoms with Gasteiger partial charge in [0.25, 0.3) is 11.8 Å². The van der Waals surface area contributed by atoms with Crippen LogP contribution in [0, 0.1) is 5.41 Å².